The molecule has 4 heteroatoms. The average molecular weight is 257 g/mol. The summed E-state index contributed by atoms with van der Waals surface area (Å²) in [5.41, 5.74) is 1.52. The first-order chi connectivity index (χ1) is 9.20. The van der Waals surface area contributed by atoms with E-state index in [0.717, 1.165) is 5.56 Å². The highest BCUT2D eigenvalue weighted by molar-refractivity contribution is 5.89. The summed E-state index contributed by atoms with van der Waals surface area (Å²) in [7, 11) is 0. The van der Waals surface area contributed by atoms with Crippen molar-refractivity contribution in [2.75, 3.05) is 6.61 Å². The van der Waals surface area contributed by atoms with E-state index in [2.05, 4.69) is 4.98 Å². The molecule has 98 valence electrons. The standard InChI is InChI=1S/C15H15NO3/c1-3-18-15(17)12-4-6-13(7-5-12)19-14-10-16-9-8-11(14)2/h4-10H,3H2,1-2H3. The van der Waals surface area contributed by atoms with Crippen molar-refractivity contribution in [1.29, 1.82) is 0 Å². The second-order valence-electron chi connectivity index (χ2n) is 3.99. The van der Waals surface area contributed by atoms with E-state index in [4.69, 9.17) is 9.47 Å². The van der Waals surface area contributed by atoms with E-state index in [1.165, 1.54) is 0 Å². The van der Waals surface area contributed by atoms with Crippen LogP contribution >= 0.6 is 0 Å². The van der Waals surface area contributed by atoms with Crippen molar-refractivity contribution in [2.45, 2.75) is 13.8 Å². The smallest absolute Gasteiger partial charge is 0.338 e. The van der Waals surface area contributed by atoms with Gasteiger partial charge in [-0.1, -0.05) is 0 Å². The first-order valence-corrected chi connectivity index (χ1v) is 6.06. The number of benzene rings is 1. The topological polar surface area (TPSA) is 48.4 Å². The van der Waals surface area contributed by atoms with E-state index in [0.29, 0.717) is 23.7 Å². The molecular formula is C15H15NO3. The first-order valence-electron chi connectivity index (χ1n) is 6.06. The van der Waals surface area contributed by atoms with E-state index >= 15 is 0 Å². The summed E-state index contributed by atoms with van der Waals surface area (Å²) in [6, 6.07) is 8.71. The van der Waals surface area contributed by atoms with Gasteiger partial charge in [-0.05, 0) is 49.7 Å². The molecule has 0 fully saturated rings. The van der Waals surface area contributed by atoms with Crippen LogP contribution in [0.15, 0.2) is 42.7 Å². The predicted octanol–water partition coefficient (Wildman–Crippen LogP) is 3.36. The maximum Gasteiger partial charge on any atom is 0.338 e. The number of hydrogen-bond donors (Lipinski definition) is 0. The quantitative estimate of drug-likeness (QED) is 0.788. The van der Waals surface area contributed by atoms with Crippen LogP contribution in [0.1, 0.15) is 22.8 Å². The SMILES string of the molecule is CCOC(=O)c1ccc(Oc2cnccc2C)cc1. The lowest BCUT2D eigenvalue weighted by atomic mass is 10.2. The minimum Gasteiger partial charge on any atom is -0.462 e. The van der Waals surface area contributed by atoms with Crippen LogP contribution in [-0.4, -0.2) is 17.6 Å². The molecule has 0 aliphatic carbocycles. The average Bonchev–Trinajstić information content (AvgIpc) is 2.42. The molecule has 0 N–H and O–H groups in total. The van der Waals surface area contributed by atoms with E-state index in [1.807, 2.05) is 13.0 Å². The summed E-state index contributed by atoms with van der Waals surface area (Å²) < 4.78 is 10.6. The van der Waals surface area contributed by atoms with Crippen LogP contribution in [0, 0.1) is 6.92 Å². The molecule has 1 aromatic heterocycles. The number of hydrogen-bond acceptors (Lipinski definition) is 4. The molecule has 2 aromatic rings. The minimum atomic E-state index is -0.327. The Morgan fingerprint density at radius 1 is 1.21 bits per heavy atom. The van der Waals surface area contributed by atoms with Crippen LogP contribution < -0.4 is 4.74 Å². The van der Waals surface area contributed by atoms with Crippen LogP contribution in [0.2, 0.25) is 0 Å². The zero-order valence-corrected chi connectivity index (χ0v) is 10.9. The van der Waals surface area contributed by atoms with Gasteiger partial charge in [0.15, 0.2) is 0 Å². The third kappa shape index (κ3) is 3.31. The summed E-state index contributed by atoms with van der Waals surface area (Å²) in [5, 5.41) is 0. The number of carbonyl (C=O) groups is 1. The van der Waals surface area contributed by atoms with Gasteiger partial charge in [0, 0.05) is 6.20 Å². The molecule has 1 heterocycles. The Hall–Kier alpha value is -2.36. The Kier molecular flexibility index (Phi) is 4.13. The van der Waals surface area contributed by atoms with Crippen LogP contribution in [0.3, 0.4) is 0 Å². The molecular weight excluding hydrogens is 242 g/mol. The van der Waals surface area contributed by atoms with Gasteiger partial charge in [-0.2, -0.15) is 0 Å². The highest BCUT2D eigenvalue weighted by atomic mass is 16.5. The van der Waals surface area contributed by atoms with E-state index in [9.17, 15) is 4.79 Å². The van der Waals surface area contributed by atoms with Crippen LogP contribution in [-0.2, 0) is 4.74 Å². The molecule has 0 unspecified atom stereocenters. The molecule has 2 rings (SSSR count). The number of esters is 1. The van der Waals surface area contributed by atoms with Gasteiger partial charge in [0.1, 0.15) is 11.5 Å². The van der Waals surface area contributed by atoms with Gasteiger partial charge in [-0.25, -0.2) is 4.79 Å². The van der Waals surface area contributed by atoms with Gasteiger partial charge < -0.3 is 9.47 Å². The van der Waals surface area contributed by atoms with E-state index < -0.39 is 0 Å². The summed E-state index contributed by atoms with van der Waals surface area (Å²) in [6.07, 6.45) is 3.38. The summed E-state index contributed by atoms with van der Waals surface area (Å²) in [6.45, 7) is 4.09. The first kappa shape index (κ1) is 13.1. The van der Waals surface area contributed by atoms with Crippen molar-refractivity contribution < 1.29 is 14.3 Å². The Bertz CT molecular complexity index is 564. The van der Waals surface area contributed by atoms with Crippen molar-refractivity contribution in [1.82, 2.24) is 4.98 Å². The normalized spacial score (nSPS) is 10.0. The lowest BCUT2D eigenvalue weighted by molar-refractivity contribution is 0.0526. The largest absolute Gasteiger partial charge is 0.462 e. The van der Waals surface area contributed by atoms with Crippen molar-refractivity contribution in [3.63, 3.8) is 0 Å². The molecule has 19 heavy (non-hydrogen) atoms. The number of carbonyl (C=O) groups excluding carboxylic acids is 1. The highest BCUT2D eigenvalue weighted by Crippen LogP contribution is 2.23. The van der Waals surface area contributed by atoms with Gasteiger partial charge in [0.2, 0.25) is 0 Å². The molecule has 0 saturated heterocycles. The number of rotatable bonds is 4. The summed E-state index contributed by atoms with van der Waals surface area (Å²) in [5.74, 6) is 1.03. The number of aromatic nitrogens is 1. The monoisotopic (exact) mass is 257 g/mol. The van der Waals surface area contributed by atoms with E-state index in [1.54, 1.807) is 43.6 Å². The van der Waals surface area contributed by atoms with Gasteiger partial charge in [-0.15, -0.1) is 0 Å². The summed E-state index contributed by atoms with van der Waals surface area (Å²) >= 11 is 0. The second-order valence-corrected chi connectivity index (χ2v) is 3.99. The zero-order chi connectivity index (χ0) is 13.7. The molecule has 1 aromatic carbocycles. The Labute approximate surface area is 112 Å². The molecule has 0 bridgehead atoms. The highest BCUT2D eigenvalue weighted by Gasteiger charge is 2.07. The van der Waals surface area contributed by atoms with Gasteiger partial charge >= 0.3 is 5.97 Å². The molecule has 0 aliphatic rings. The fourth-order valence-corrected chi connectivity index (χ4v) is 1.56. The Morgan fingerprint density at radius 3 is 2.58 bits per heavy atom. The Balaban J connectivity index is 2.11. The number of pyridine rings is 1. The third-order valence-corrected chi connectivity index (χ3v) is 2.58. The Morgan fingerprint density at radius 2 is 1.95 bits per heavy atom. The van der Waals surface area contributed by atoms with E-state index in [-0.39, 0.29) is 5.97 Å². The predicted molar refractivity (Wildman–Crippen MR) is 71.4 cm³/mol. The maximum atomic E-state index is 11.5. The fourth-order valence-electron chi connectivity index (χ4n) is 1.56. The molecule has 0 amide bonds. The summed E-state index contributed by atoms with van der Waals surface area (Å²) in [4.78, 5) is 15.5. The van der Waals surface area contributed by atoms with Gasteiger partial charge in [0.25, 0.3) is 0 Å². The molecule has 0 spiro atoms. The van der Waals surface area contributed by atoms with Crippen molar-refractivity contribution in [2.24, 2.45) is 0 Å². The second kappa shape index (κ2) is 6.00. The molecule has 0 atom stereocenters. The van der Waals surface area contributed by atoms with Gasteiger partial charge in [-0.3, -0.25) is 4.98 Å². The zero-order valence-electron chi connectivity index (χ0n) is 10.9. The molecule has 0 aliphatic heterocycles. The maximum absolute atomic E-state index is 11.5. The van der Waals surface area contributed by atoms with Crippen LogP contribution in [0.5, 0.6) is 11.5 Å². The molecule has 0 saturated carbocycles. The lowest BCUT2D eigenvalue weighted by Crippen LogP contribution is -2.04. The minimum absolute atomic E-state index is 0.327. The van der Waals surface area contributed by atoms with Gasteiger partial charge in [0.05, 0.1) is 18.4 Å². The third-order valence-electron chi connectivity index (χ3n) is 2.58. The van der Waals surface area contributed by atoms with Crippen molar-refractivity contribution in [3.8, 4) is 11.5 Å². The van der Waals surface area contributed by atoms with Crippen LogP contribution in [0.25, 0.3) is 0 Å². The lowest BCUT2D eigenvalue weighted by Gasteiger charge is -2.08. The van der Waals surface area contributed by atoms with Crippen LogP contribution in [0.4, 0.5) is 0 Å². The molecule has 4 nitrogen and oxygen atoms in total. The number of ether oxygens (including phenoxy) is 2. The van der Waals surface area contributed by atoms with Crippen molar-refractivity contribution >= 4 is 5.97 Å². The fraction of sp³-hybridized carbons (Fsp3) is 0.200. The van der Waals surface area contributed by atoms with Crippen molar-refractivity contribution in [3.05, 3.63) is 53.9 Å². The number of nitrogens with zero attached hydrogens (tertiary/aromatic N) is 1. The number of aryl methyl sites for hydroxylation is 1. The molecule has 0 radical (unpaired) electrons.